The summed E-state index contributed by atoms with van der Waals surface area (Å²) in [4.78, 5) is 18.4. The third-order valence-corrected chi connectivity index (χ3v) is 2.60. The maximum Gasteiger partial charge on any atom is 0.262 e. The van der Waals surface area contributed by atoms with Gasteiger partial charge in [0.05, 0.1) is 5.69 Å². The number of aromatic amines is 1. The lowest BCUT2D eigenvalue weighted by Gasteiger charge is -1.98. The number of rotatable bonds is 1. The molecule has 0 unspecified atom stereocenters. The van der Waals surface area contributed by atoms with Gasteiger partial charge in [0.15, 0.2) is 5.65 Å². The molecule has 90 valence electrons. The quantitative estimate of drug-likeness (QED) is 0.706. The van der Waals surface area contributed by atoms with Gasteiger partial charge in [-0.15, -0.1) is 5.10 Å². The molecule has 5 nitrogen and oxygen atoms in total. The first-order valence-electron chi connectivity index (χ1n) is 5.36. The first kappa shape index (κ1) is 10.6. The van der Waals surface area contributed by atoms with Gasteiger partial charge in [-0.25, -0.2) is 14.1 Å². The molecule has 3 rings (SSSR count). The SMILES string of the molecule is Cc1nc2nn(-c3ccc(F)cc3)cc2c(=O)[nH]1. The fourth-order valence-electron chi connectivity index (χ4n) is 1.75. The zero-order valence-corrected chi connectivity index (χ0v) is 9.51. The molecule has 1 aromatic carbocycles. The van der Waals surface area contributed by atoms with E-state index in [0.29, 0.717) is 22.5 Å². The molecule has 0 atom stereocenters. The molecular weight excluding hydrogens is 235 g/mol. The average Bonchev–Trinajstić information content (AvgIpc) is 2.74. The van der Waals surface area contributed by atoms with Crippen molar-refractivity contribution >= 4 is 11.0 Å². The smallest absolute Gasteiger partial charge is 0.262 e. The summed E-state index contributed by atoms with van der Waals surface area (Å²) in [5, 5.41) is 4.60. The molecule has 18 heavy (non-hydrogen) atoms. The average molecular weight is 244 g/mol. The number of halogens is 1. The van der Waals surface area contributed by atoms with Crippen LogP contribution in [-0.2, 0) is 0 Å². The normalized spacial score (nSPS) is 11.0. The van der Waals surface area contributed by atoms with Gasteiger partial charge in [0.25, 0.3) is 5.56 Å². The number of nitrogens with zero attached hydrogens (tertiary/aromatic N) is 3. The molecule has 0 amide bonds. The fourth-order valence-corrected chi connectivity index (χ4v) is 1.75. The van der Waals surface area contributed by atoms with Gasteiger partial charge < -0.3 is 4.98 Å². The minimum Gasteiger partial charge on any atom is -0.310 e. The van der Waals surface area contributed by atoms with Crippen LogP contribution in [0, 0.1) is 12.7 Å². The van der Waals surface area contributed by atoms with Gasteiger partial charge in [-0.3, -0.25) is 4.79 Å². The molecular formula is C12H9FN4O. The van der Waals surface area contributed by atoms with Gasteiger partial charge in [-0.1, -0.05) is 0 Å². The monoisotopic (exact) mass is 244 g/mol. The largest absolute Gasteiger partial charge is 0.310 e. The van der Waals surface area contributed by atoms with Gasteiger partial charge >= 0.3 is 0 Å². The summed E-state index contributed by atoms with van der Waals surface area (Å²) in [6.45, 7) is 1.69. The van der Waals surface area contributed by atoms with E-state index in [0.717, 1.165) is 0 Å². The van der Waals surface area contributed by atoms with Gasteiger partial charge in [-0.05, 0) is 31.2 Å². The molecule has 6 heteroatoms. The lowest BCUT2D eigenvalue weighted by Crippen LogP contribution is -2.08. The van der Waals surface area contributed by atoms with Crippen LogP contribution in [0.25, 0.3) is 16.7 Å². The first-order chi connectivity index (χ1) is 8.63. The van der Waals surface area contributed by atoms with Crippen molar-refractivity contribution in [3.05, 3.63) is 52.5 Å². The second kappa shape index (κ2) is 3.76. The van der Waals surface area contributed by atoms with Crippen molar-refractivity contribution in [1.29, 1.82) is 0 Å². The van der Waals surface area contributed by atoms with E-state index in [9.17, 15) is 9.18 Å². The highest BCUT2D eigenvalue weighted by atomic mass is 19.1. The molecule has 0 fully saturated rings. The van der Waals surface area contributed by atoms with E-state index >= 15 is 0 Å². The highest BCUT2D eigenvalue weighted by molar-refractivity contribution is 5.73. The van der Waals surface area contributed by atoms with E-state index in [4.69, 9.17) is 0 Å². The van der Waals surface area contributed by atoms with Crippen LogP contribution in [0.2, 0.25) is 0 Å². The number of benzene rings is 1. The predicted molar refractivity (Wildman–Crippen MR) is 64.2 cm³/mol. The number of H-pyrrole nitrogens is 1. The Bertz CT molecular complexity index is 773. The Balaban J connectivity index is 2.22. The minimum absolute atomic E-state index is 0.231. The van der Waals surface area contributed by atoms with E-state index in [1.54, 1.807) is 25.3 Å². The van der Waals surface area contributed by atoms with Gasteiger partial charge in [0.2, 0.25) is 0 Å². The van der Waals surface area contributed by atoms with Crippen LogP contribution in [0.15, 0.2) is 35.3 Å². The molecule has 2 aromatic heterocycles. The van der Waals surface area contributed by atoms with E-state index in [1.165, 1.54) is 16.8 Å². The van der Waals surface area contributed by atoms with Crippen LogP contribution in [0.5, 0.6) is 0 Å². The van der Waals surface area contributed by atoms with Gasteiger partial charge in [0, 0.05) is 6.20 Å². The number of aromatic nitrogens is 4. The Morgan fingerprint density at radius 2 is 2.00 bits per heavy atom. The van der Waals surface area contributed by atoms with Crippen molar-refractivity contribution < 1.29 is 4.39 Å². The topological polar surface area (TPSA) is 63.6 Å². The highest BCUT2D eigenvalue weighted by Gasteiger charge is 2.08. The molecule has 0 saturated heterocycles. The maximum atomic E-state index is 12.8. The molecule has 0 saturated carbocycles. The van der Waals surface area contributed by atoms with E-state index in [2.05, 4.69) is 15.1 Å². The lowest BCUT2D eigenvalue weighted by atomic mass is 10.3. The predicted octanol–water partition coefficient (Wildman–Crippen LogP) is 1.56. The zero-order chi connectivity index (χ0) is 12.7. The van der Waals surface area contributed by atoms with Gasteiger partial charge in [-0.2, -0.15) is 0 Å². The summed E-state index contributed by atoms with van der Waals surface area (Å²) < 4.78 is 14.3. The Labute approximate surface area is 101 Å². The highest BCUT2D eigenvalue weighted by Crippen LogP contribution is 2.11. The van der Waals surface area contributed by atoms with Crippen LogP contribution in [0.1, 0.15) is 5.82 Å². The molecule has 0 bridgehead atoms. The number of hydrogen-bond acceptors (Lipinski definition) is 3. The van der Waals surface area contributed by atoms with Crippen LogP contribution >= 0.6 is 0 Å². The van der Waals surface area contributed by atoms with E-state index in [1.807, 2.05) is 0 Å². The van der Waals surface area contributed by atoms with Crippen LogP contribution in [-0.4, -0.2) is 19.7 Å². The second-order valence-corrected chi connectivity index (χ2v) is 3.94. The summed E-state index contributed by atoms with van der Waals surface area (Å²) in [6.07, 6.45) is 1.58. The van der Waals surface area contributed by atoms with E-state index < -0.39 is 0 Å². The lowest BCUT2D eigenvalue weighted by molar-refractivity contribution is 0.627. The number of fused-ring (bicyclic) bond motifs is 1. The molecule has 2 heterocycles. The van der Waals surface area contributed by atoms with E-state index in [-0.39, 0.29) is 11.4 Å². The third-order valence-electron chi connectivity index (χ3n) is 2.60. The number of aryl methyl sites for hydroxylation is 1. The fraction of sp³-hybridized carbons (Fsp3) is 0.0833. The standard InChI is InChI=1S/C12H9FN4O/c1-7-14-11-10(12(18)15-7)6-17(16-11)9-4-2-8(13)3-5-9/h2-6H,1H3,(H,14,15,16,18). The Morgan fingerprint density at radius 1 is 1.28 bits per heavy atom. The molecule has 0 aliphatic heterocycles. The van der Waals surface area contributed by atoms with Crippen molar-refractivity contribution in [2.45, 2.75) is 6.92 Å². The van der Waals surface area contributed by atoms with Crippen molar-refractivity contribution in [2.24, 2.45) is 0 Å². The summed E-state index contributed by atoms with van der Waals surface area (Å²) in [7, 11) is 0. The van der Waals surface area contributed by atoms with Crippen LogP contribution in [0.4, 0.5) is 4.39 Å². The summed E-state index contributed by atoms with van der Waals surface area (Å²) >= 11 is 0. The second-order valence-electron chi connectivity index (χ2n) is 3.94. The molecule has 0 aliphatic carbocycles. The summed E-state index contributed by atoms with van der Waals surface area (Å²) in [6, 6.07) is 5.85. The van der Waals surface area contributed by atoms with Gasteiger partial charge in [0.1, 0.15) is 17.0 Å². The van der Waals surface area contributed by atoms with Crippen molar-refractivity contribution in [3.63, 3.8) is 0 Å². The number of nitrogens with one attached hydrogen (secondary N) is 1. The van der Waals surface area contributed by atoms with Crippen molar-refractivity contribution in [1.82, 2.24) is 19.7 Å². The third kappa shape index (κ3) is 1.67. The van der Waals surface area contributed by atoms with Crippen molar-refractivity contribution in [3.8, 4) is 5.69 Å². The maximum absolute atomic E-state index is 12.8. The summed E-state index contributed by atoms with van der Waals surface area (Å²) in [5.74, 6) is 0.194. The van der Waals surface area contributed by atoms with Crippen LogP contribution < -0.4 is 5.56 Å². The first-order valence-corrected chi connectivity index (χ1v) is 5.36. The minimum atomic E-state index is -0.317. The molecule has 0 spiro atoms. The molecule has 1 N–H and O–H groups in total. The molecule has 3 aromatic rings. The Hall–Kier alpha value is -2.50. The molecule has 0 aliphatic rings. The van der Waals surface area contributed by atoms with Crippen molar-refractivity contribution in [2.75, 3.05) is 0 Å². The summed E-state index contributed by atoms with van der Waals surface area (Å²) in [5.41, 5.74) is 0.817. The Morgan fingerprint density at radius 3 is 2.72 bits per heavy atom. The van der Waals surface area contributed by atoms with Crippen LogP contribution in [0.3, 0.4) is 0 Å². The zero-order valence-electron chi connectivity index (χ0n) is 9.51. The molecule has 0 radical (unpaired) electrons. The number of hydrogen-bond donors (Lipinski definition) is 1. The Kier molecular flexibility index (Phi) is 2.22.